The molecule has 7 heteroatoms. The monoisotopic (exact) mass is 413 g/mol. The molecule has 1 aliphatic heterocycles. The van der Waals surface area contributed by atoms with Crippen LogP contribution in [0.1, 0.15) is 29.8 Å². The maximum absolute atomic E-state index is 12.9. The molecule has 3 rings (SSSR count). The van der Waals surface area contributed by atoms with E-state index in [1.807, 2.05) is 45.0 Å². The van der Waals surface area contributed by atoms with Gasteiger partial charge in [0.1, 0.15) is 19.8 Å². The van der Waals surface area contributed by atoms with Crippen LogP contribution in [0.2, 0.25) is 5.02 Å². The van der Waals surface area contributed by atoms with Crippen LogP contribution >= 0.6 is 11.6 Å². The minimum atomic E-state index is -0.267. The zero-order valence-corrected chi connectivity index (χ0v) is 17.5. The number of hydrogen-bond donors (Lipinski definition) is 0. The third-order valence-corrected chi connectivity index (χ3v) is 5.13. The highest BCUT2D eigenvalue weighted by Crippen LogP contribution is 2.21. The van der Waals surface area contributed by atoms with E-state index in [0.717, 1.165) is 11.3 Å². The first kappa shape index (κ1) is 20.9. The van der Waals surface area contributed by atoms with Crippen LogP contribution in [0.4, 0.5) is 5.69 Å². The van der Waals surface area contributed by atoms with E-state index in [1.165, 1.54) is 9.80 Å². The molecule has 1 saturated heterocycles. The molecule has 0 bridgehead atoms. The van der Waals surface area contributed by atoms with Crippen LogP contribution in [-0.4, -0.2) is 53.3 Å². The number of hydrogen-bond acceptors (Lipinski definition) is 3. The van der Waals surface area contributed by atoms with E-state index in [9.17, 15) is 14.4 Å². The summed E-state index contributed by atoms with van der Waals surface area (Å²) in [5.74, 6) is -0.673. The number of amides is 3. The van der Waals surface area contributed by atoms with Crippen molar-refractivity contribution in [3.8, 4) is 0 Å². The van der Waals surface area contributed by atoms with Crippen molar-refractivity contribution in [2.45, 2.75) is 26.8 Å². The first-order valence-electron chi connectivity index (χ1n) is 9.47. The van der Waals surface area contributed by atoms with Gasteiger partial charge in [0.25, 0.3) is 5.91 Å². The van der Waals surface area contributed by atoms with Crippen molar-refractivity contribution in [3.05, 3.63) is 64.7 Å². The molecule has 0 spiro atoms. The minimum absolute atomic E-state index is 0.00397. The van der Waals surface area contributed by atoms with Gasteiger partial charge in [-0.25, -0.2) is 0 Å². The molecule has 1 fully saturated rings. The largest absolute Gasteiger partial charge is 0.327 e. The van der Waals surface area contributed by atoms with Gasteiger partial charge in [-0.1, -0.05) is 35.4 Å². The van der Waals surface area contributed by atoms with Gasteiger partial charge in [0.05, 0.1) is 0 Å². The number of benzene rings is 2. The fourth-order valence-electron chi connectivity index (χ4n) is 3.19. The van der Waals surface area contributed by atoms with Crippen molar-refractivity contribution in [2.75, 3.05) is 24.7 Å². The lowest BCUT2D eigenvalue weighted by molar-refractivity contribution is -0.132. The third-order valence-electron chi connectivity index (χ3n) is 4.90. The average Bonchev–Trinajstić information content (AvgIpc) is 3.07. The molecule has 0 aromatic heterocycles. The molecule has 1 heterocycles. The maximum atomic E-state index is 12.9. The second kappa shape index (κ2) is 8.66. The average molecular weight is 414 g/mol. The number of aryl methyl sites for hydroxylation is 1. The van der Waals surface area contributed by atoms with E-state index in [0.29, 0.717) is 10.6 Å². The number of halogens is 1. The second-order valence-electron chi connectivity index (χ2n) is 7.43. The molecule has 2 aromatic rings. The molecule has 6 nitrogen and oxygen atoms in total. The van der Waals surface area contributed by atoms with Crippen LogP contribution in [0.3, 0.4) is 0 Å². The molecular weight excluding hydrogens is 390 g/mol. The highest BCUT2D eigenvalue weighted by molar-refractivity contribution is 6.31. The van der Waals surface area contributed by atoms with Crippen molar-refractivity contribution in [1.82, 2.24) is 9.80 Å². The van der Waals surface area contributed by atoms with E-state index in [-0.39, 0.29) is 43.5 Å². The molecule has 0 saturated carbocycles. The lowest BCUT2D eigenvalue weighted by atomic mass is 10.1. The summed E-state index contributed by atoms with van der Waals surface area (Å²) < 4.78 is 0. The summed E-state index contributed by atoms with van der Waals surface area (Å²) in [6.07, 6.45) is 0. The zero-order valence-electron chi connectivity index (χ0n) is 16.8. The smallest absolute Gasteiger partial charge is 0.254 e. The fraction of sp³-hybridized carbons (Fsp3) is 0.318. The van der Waals surface area contributed by atoms with Crippen LogP contribution in [0.25, 0.3) is 0 Å². The van der Waals surface area contributed by atoms with Crippen molar-refractivity contribution in [3.63, 3.8) is 0 Å². The van der Waals surface area contributed by atoms with Crippen LogP contribution in [0.15, 0.2) is 48.5 Å². The molecule has 3 amide bonds. The van der Waals surface area contributed by atoms with Crippen LogP contribution in [0, 0.1) is 6.92 Å². The molecule has 0 unspecified atom stereocenters. The van der Waals surface area contributed by atoms with Gasteiger partial charge < -0.3 is 9.80 Å². The van der Waals surface area contributed by atoms with Gasteiger partial charge >= 0.3 is 0 Å². The molecule has 1 aliphatic rings. The Kier molecular flexibility index (Phi) is 6.23. The van der Waals surface area contributed by atoms with E-state index >= 15 is 0 Å². The topological polar surface area (TPSA) is 60.9 Å². The number of carbonyl (C=O) groups is 3. The summed E-state index contributed by atoms with van der Waals surface area (Å²) in [4.78, 5) is 42.7. The van der Waals surface area contributed by atoms with Crippen LogP contribution in [-0.2, 0) is 9.59 Å². The lowest BCUT2D eigenvalue weighted by Crippen LogP contribution is -2.45. The molecule has 2 aromatic carbocycles. The van der Waals surface area contributed by atoms with Gasteiger partial charge in [-0.2, -0.15) is 0 Å². The van der Waals surface area contributed by atoms with Gasteiger partial charge in [0.2, 0.25) is 11.8 Å². The Morgan fingerprint density at radius 2 is 1.83 bits per heavy atom. The predicted octanol–water partition coefficient (Wildman–Crippen LogP) is 3.33. The molecule has 0 N–H and O–H groups in total. The van der Waals surface area contributed by atoms with E-state index in [1.54, 1.807) is 29.2 Å². The van der Waals surface area contributed by atoms with Crippen molar-refractivity contribution in [2.24, 2.45) is 0 Å². The lowest BCUT2D eigenvalue weighted by Gasteiger charge is -2.28. The summed E-state index contributed by atoms with van der Waals surface area (Å²) in [5, 5.41) is 0.463. The summed E-state index contributed by atoms with van der Waals surface area (Å²) in [6.45, 7) is 5.76. The normalized spacial score (nSPS) is 13.9. The Balaban J connectivity index is 1.71. The predicted molar refractivity (Wildman–Crippen MR) is 113 cm³/mol. The van der Waals surface area contributed by atoms with Crippen molar-refractivity contribution < 1.29 is 14.4 Å². The number of anilines is 1. The van der Waals surface area contributed by atoms with Crippen LogP contribution in [0.5, 0.6) is 0 Å². The molecule has 29 heavy (non-hydrogen) atoms. The Hall–Kier alpha value is -2.86. The molecule has 0 radical (unpaired) electrons. The Labute approximate surface area is 175 Å². The molecule has 0 atom stereocenters. The van der Waals surface area contributed by atoms with Gasteiger partial charge in [-0.15, -0.1) is 0 Å². The number of rotatable bonds is 5. The fourth-order valence-corrected chi connectivity index (χ4v) is 3.38. The summed E-state index contributed by atoms with van der Waals surface area (Å²) in [5.41, 5.74) is 2.28. The summed E-state index contributed by atoms with van der Waals surface area (Å²) in [7, 11) is 0. The van der Waals surface area contributed by atoms with E-state index in [4.69, 9.17) is 11.6 Å². The highest BCUT2D eigenvalue weighted by atomic mass is 35.5. The molecule has 0 aliphatic carbocycles. The van der Waals surface area contributed by atoms with E-state index < -0.39 is 0 Å². The Bertz CT molecular complexity index is 927. The molecule has 152 valence electrons. The number of carbonyl (C=O) groups excluding carboxylic acids is 3. The zero-order chi connectivity index (χ0) is 21.1. The minimum Gasteiger partial charge on any atom is -0.327 e. The first-order valence-corrected chi connectivity index (χ1v) is 9.85. The third kappa shape index (κ3) is 4.77. The second-order valence-corrected chi connectivity index (χ2v) is 7.86. The number of nitrogens with zero attached hydrogens (tertiary/aromatic N) is 3. The Morgan fingerprint density at radius 3 is 2.45 bits per heavy atom. The van der Waals surface area contributed by atoms with Crippen molar-refractivity contribution in [1.29, 1.82) is 0 Å². The maximum Gasteiger partial charge on any atom is 0.254 e. The summed E-state index contributed by atoms with van der Waals surface area (Å²) in [6, 6.07) is 14.1. The van der Waals surface area contributed by atoms with Crippen molar-refractivity contribution >= 4 is 35.0 Å². The van der Waals surface area contributed by atoms with Gasteiger partial charge in [0, 0.05) is 22.3 Å². The quantitative estimate of drug-likeness (QED) is 0.755. The first-order chi connectivity index (χ1) is 13.8. The molecular formula is C22H24ClN3O3. The highest BCUT2D eigenvalue weighted by Gasteiger charge is 2.33. The SMILES string of the molecule is Cc1ccc(N2CN(C(=O)CN(C(=O)c3cccc(Cl)c3)C(C)C)CC2=O)cc1. The van der Waals surface area contributed by atoms with Gasteiger partial charge in [-0.05, 0) is 51.1 Å². The van der Waals surface area contributed by atoms with Crippen LogP contribution < -0.4 is 4.90 Å². The van der Waals surface area contributed by atoms with Gasteiger partial charge in [0.15, 0.2) is 0 Å². The van der Waals surface area contributed by atoms with E-state index in [2.05, 4.69) is 0 Å². The summed E-state index contributed by atoms with van der Waals surface area (Å²) >= 11 is 5.99. The standard InChI is InChI=1S/C22H24ClN3O3/c1-15(2)25(22(29)17-5-4-6-18(23)11-17)13-20(27)24-12-21(28)26(14-24)19-9-7-16(3)8-10-19/h4-11,15H,12-14H2,1-3H3. The Morgan fingerprint density at radius 1 is 1.14 bits per heavy atom. The van der Waals surface area contributed by atoms with Gasteiger partial charge in [-0.3, -0.25) is 19.3 Å².